The van der Waals surface area contributed by atoms with E-state index < -0.39 is 21.5 Å². The fourth-order valence-corrected chi connectivity index (χ4v) is 3.86. The second kappa shape index (κ2) is 4.15. The first-order valence-corrected chi connectivity index (χ1v) is 6.84. The van der Waals surface area contributed by atoms with E-state index in [-0.39, 0.29) is 9.77 Å². The summed E-state index contributed by atoms with van der Waals surface area (Å²) in [7, 11) is -3.76. The fraction of sp³-hybridized carbons (Fsp3) is 0.444. The van der Waals surface area contributed by atoms with Crippen LogP contribution in [-0.4, -0.2) is 25.0 Å². The third-order valence-corrected chi connectivity index (χ3v) is 4.79. The molecule has 90 valence electrons. The molecule has 0 aliphatic heterocycles. The number of aromatic carboxylic acids is 1. The first-order chi connectivity index (χ1) is 7.13. The Bertz CT molecular complexity index is 496. The maximum atomic E-state index is 11.9. The summed E-state index contributed by atoms with van der Waals surface area (Å²) < 4.78 is 26.0. The molecule has 0 saturated heterocycles. The standard InChI is InChI=1S/C9H13NO4S2/c1-9(2,3)10-16(13,14)8-6(7(11)12)4-5-15-8/h4-5,10H,1-3H3,(H,11,12). The van der Waals surface area contributed by atoms with Crippen LogP contribution in [0.2, 0.25) is 0 Å². The molecule has 0 unspecified atom stereocenters. The minimum absolute atomic E-state index is 0.157. The summed E-state index contributed by atoms with van der Waals surface area (Å²) in [5.41, 5.74) is -0.833. The molecule has 1 aromatic rings. The second-order valence-corrected chi connectivity index (χ2v) is 7.08. The van der Waals surface area contributed by atoms with Gasteiger partial charge in [-0.05, 0) is 32.2 Å². The summed E-state index contributed by atoms with van der Waals surface area (Å²) in [4.78, 5) is 10.8. The van der Waals surface area contributed by atoms with E-state index in [2.05, 4.69) is 4.72 Å². The van der Waals surface area contributed by atoms with Gasteiger partial charge in [-0.25, -0.2) is 17.9 Å². The summed E-state index contributed by atoms with van der Waals surface area (Å²) >= 11 is 0.894. The smallest absolute Gasteiger partial charge is 0.337 e. The zero-order valence-corrected chi connectivity index (χ0v) is 10.8. The van der Waals surface area contributed by atoms with Crippen LogP contribution in [0.4, 0.5) is 0 Å². The van der Waals surface area contributed by atoms with Gasteiger partial charge in [-0.15, -0.1) is 11.3 Å². The molecule has 0 aromatic carbocycles. The number of sulfonamides is 1. The van der Waals surface area contributed by atoms with Crippen molar-refractivity contribution in [1.82, 2.24) is 4.72 Å². The van der Waals surface area contributed by atoms with Crippen LogP contribution in [0.3, 0.4) is 0 Å². The Morgan fingerprint density at radius 1 is 1.44 bits per heavy atom. The summed E-state index contributed by atoms with van der Waals surface area (Å²) in [6.45, 7) is 5.08. The first kappa shape index (κ1) is 13.1. The maximum absolute atomic E-state index is 11.9. The quantitative estimate of drug-likeness (QED) is 0.866. The van der Waals surface area contributed by atoms with Crippen LogP contribution in [0, 0.1) is 0 Å². The van der Waals surface area contributed by atoms with Gasteiger partial charge in [0.2, 0.25) is 0 Å². The molecule has 2 N–H and O–H groups in total. The Hall–Kier alpha value is -0.920. The molecule has 0 radical (unpaired) electrons. The Morgan fingerprint density at radius 2 is 2.00 bits per heavy atom. The maximum Gasteiger partial charge on any atom is 0.337 e. The molecule has 7 heteroatoms. The molecule has 0 bridgehead atoms. The van der Waals surface area contributed by atoms with Crippen molar-refractivity contribution < 1.29 is 18.3 Å². The van der Waals surface area contributed by atoms with Crippen LogP contribution >= 0.6 is 11.3 Å². The lowest BCUT2D eigenvalue weighted by molar-refractivity contribution is 0.0693. The molecular formula is C9H13NO4S2. The molecule has 0 saturated carbocycles. The first-order valence-electron chi connectivity index (χ1n) is 4.48. The summed E-state index contributed by atoms with van der Waals surface area (Å²) in [6, 6.07) is 1.28. The number of thiophene rings is 1. The highest BCUT2D eigenvalue weighted by atomic mass is 32.2. The topological polar surface area (TPSA) is 83.5 Å². The molecule has 0 amide bonds. The number of rotatable bonds is 3. The molecule has 16 heavy (non-hydrogen) atoms. The zero-order chi connectivity index (χ0) is 12.6. The average molecular weight is 263 g/mol. The molecule has 5 nitrogen and oxygen atoms in total. The van der Waals surface area contributed by atoms with Crippen molar-refractivity contribution in [3.63, 3.8) is 0 Å². The van der Waals surface area contributed by atoms with Crippen molar-refractivity contribution >= 4 is 27.3 Å². The molecule has 0 aliphatic carbocycles. The zero-order valence-electron chi connectivity index (χ0n) is 9.14. The van der Waals surface area contributed by atoms with E-state index in [0.717, 1.165) is 11.3 Å². The lowest BCUT2D eigenvalue weighted by atomic mass is 10.1. The third kappa shape index (κ3) is 3.03. The highest BCUT2D eigenvalue weighted by Gasteiger charge is 2.27. The number of nitrogens with one attached hydrogen (secondary N) is 1. The van der Waals surface area contributed by atoms with E-state index in [1.54, 1.807) is 20.8 Å². The Labute approximate surface area is 98.2 Å². The van der Waals surface area contributed by atoms with Gasteiger partial charge in [-0.1, -0.05) is 0 Å². The minimum atomic E-state index is -3.76. The lowest BCUT2D eigenvalue weighted by Crippen LogP contribution is -2.40. The molecular weight excluding hydrogens is 250 g/mol. The van der Waals surface area contributed by atoms with Crippen molar-refractivity contribution in [1.29, 1.82) is 0 Å². The van der Waals surface area contributed by atoms with E-state index in [9.17, 15) is 13.2 Å². The summed E-state index contributed by atoms with van der Waals surface area (Å²) in [5, 5.41) is 10.3. The van der Waals surface area contributed by atoms with Crippen molar-refractivity contribution in [2.45, 2.75) is 30.5 Å². The molecule has 0 aliphatic rings. The van der Waals surface area contributed by atoms with E-state index in [1.807, 2.05) is 0 Å². The van der Waals surface area contributed by atoms with Crippen LogP contribution in [0.1, 0.15) is 31.1 Å². The molecule has 0 fully saturated rings. The summed E-state index contributed by atoms with van der Waals surface area (Å²) in [5.74, 6) is -1.24. The Balaban J connectivity index is 3.18. The monoisotopic (exact) mass is 263 g/mol. The van der Waals surface area contributed by atoms with Gasteiger partial charge in [0.05, 0.1) is 5.56 Å². The van der Waals surface area contributed by atoms with Crippen LogP contribution in [0.25, 0.3) is 0 Å². The highest BCUT2D eigenvalue weighted by molar-refractivity contribution is 7.91. The molecule has 0 spiro atoms. The fourth-order valence-electron chi connectivity index (χ4n) is 1.11. The SMILES string of the molecule is CC(C)(C)NS(=O)(=O)c1sccc1C(=O)O. The normalized spacial score (nSPS) is 12.7. The van der Waals surface area contributed by atoms with Gasteiger partial charge in [-0.3, -0.25) is 0 Å². The second-order valence-electron chi connectivity index (χ2n) is 4.28. The van der Waals surface area contributed by atoms with Crippen LogP contribution < -0.4 is 4.72 Å². The molecule has 1 heterocycles. The molecule has 1 rings (SSSR count). The van der Waals surface area contributed by atoms with E-state index in [4.69, 9.17) is 5.11 Å². The number of carboxylic acids is 1. The van der Waals surface area contributed by atoms with Gasteiger partial charge in [-0.2, -0.15) is 0 Å². The van der Waals surface area contributed by atoms with E-state index in [0.29, 0.717) is 0 Å². The van der Waals surface area contributed by atoms with Gasteiger partial charge in [0.25, 0.3) is 10.0 Å². The molecule has 1 aromatic heterocycles. The predicted molar refractivity (Wildman–Crippen MR) is 61.4 cm³/mol. The van der Waals surface area contributed by atoms with Crippen LogP contribution in [0.5, 0.6) is 0 Å². The van der Waals surface area contributed by atoms with Gasteiger partial charge >= 0.3 is 5.97 Å². The van der Waals surface area contributed by atoms with E-state index in [1.165, 1.54) is 11.4 Å². The van der Waals surface area contributed by atoms with Crippen LogP contribution in [-0.2, 0) is 10.0 Å². The van der Waals surface area contributed by atoms with Crippen molar-refractivity contribution in [2.24, 2.45) is 0 Å². The Kier molecular flexibility index (Phi) is 3.41. The third-order valence-electron chi connectivity index (χ3n) is 1.54. The highest BCUT2D eigenvalue weighted by Crippen LogP contribution is 2.23. The predicted octanol–water partition coefficient (Wildman–Crippen LogP) is 1.52. The molecule has 0 atom stereocenters. The number of carbonyl (C=O) groups is 1. The number of hydrogen-bond acceptors (Lipinski definition) is 4. The van der Waals surface area contributed by atoms with Crippen molar-refractivity contribution in [3.8, 4) is 0 Å². The van der Waals surface area contributed by atoms with Gasteiger partial charge in [0.15, 0.2) is 0 Å². The van der Waals surface area contributed by atoms with Gasteiger partial charge < -0.3 is 5.11 Å². The number of hydrogen-bond donors (Lipinski definition) is 2. The van der Waals surface area contributed by atoms with Crippen molar-refractivity contribution in [3.05, 3.63) is 17.0 Å². The van der Waals surface area contributed by atoms with Gasteiger partial charge in [0.1, 0.15) is 4.21 Å². The average Bonchev–Trinajstić information content (AvgIpc) is 2.45. The minimum Gasteiger partial charge on any atom is -0.478 e. The lowest BCUT2D eigenvalue weighted by Gasteiger charge is -2.19. The van der Waals surface area contributed by atoms with Crippen LogP contribution in [0.15, 0.2) is 15.7 Å². The summed E-state index contributed by atoms with van der Waals surface area (Å²) in [6.07, 6.45) is 0. The Morgan fingerprint density at radius 3 is 2.44 bits per heavy atom. The number of carboxylic acid groups (broad SMARTS) is 1. The van der Waals surface area contributed by atoms with E-state index >= 15 is 0 Å². The van der Waals surface area contributed by atoms with Gasteiger partial charge in [0, 0.05) is 5.54 Å². The largest absolute Gasteiger partial charge is 0.478 e. The van der Waals surface area contributed by atoms with Crippen molar-refractivity contribution in [2.75, 3.05) is 0 Å².